The van der Waals surface area contributed by atoms with E-state index in [0.717, 1.165) is 40.7 Å². The van der Waals surface area contributed by atoms with E-state index >= 15 is 0 Å². The van der Waals surface area contributed by atoms with E-state index in [1.807, 2.05) is 38.2 Å². The van der Waals surface area contributed by atoms with Gasteiger partial charge in [0.15, 0.2) is 0 Å². The van der Waals surface area contributed by atoms with Crippen LogP contribution in [0.3, 0.4) is 0 Å². The van der Waals surface area contributed by atoms with Crippen LogP contribution in [0.1, 0.15) is 88.5 Å². The fourth-order valence-corrected chi connectivity index (χ4v) is 5.85. The summed E-state index contributed by atoms with van der Waals surface area (Å²) in [5, 5.41) is 30.4. The molecule has 0 heterocycles. The van der Waals surface area contributed by atoms with Gasteiger partial charge in [-0.15, -0.1) is 0 Å². The van der Waals surface area contributed by atoms with Gasteiger partial charge < -0.3 is 15.3 Å². The Morgan fingerprint density at radius 3 is 1.84 bits per heavy atom. The van der Waals surface area contributed by atoms with Gasteiger partial charge in [-0.05, 0) is 82.9 Å². The summed E-state index contributed by atoms with van der Waals surface area (Å²) in [5.74, 6) is 6.46. The lowest BCUT2D eigenvalue weighted by Gasteiger charge is -2.37. The molecule has 0 spiro atoms. The second-order valence-corrected chi connectivity index (χ2v) is 13.6. The molecule has 2 rings (SSSR count). The molecule has 0 aromatic carbocycles. The average molecular weight is 583 g/mol. The van der Waals surface area contributed by atoms with Gasteiger partial charge >= 0.3 is 0 Å². The van der Waals surface area contributed by atoms with E-state index in [2.05, 4.69) is 116 Å². The van der Waals surface area contributed by atoms with Crippen LogP contribution < -0.4 is 0 Å². The van der Waals surface area contributed by atoms with Crippen LogP contribution in [-0.2, 0) is 0 Å². The molecule has 0 saturated heterocycles. The van der Waals surface area contributed by atoms with Crippen molar-refractivity contribution < 1.29 is 15.3 Å². The number of aliphatic hydroxyl groups excluding tert-OH is 3. The van der Waals surface area contributed by atoms with Crippen molar-refractivity contribution in [3.63, 3.8) is 0 Å². The van der Waals surface area contributed by atoms with Gasteiger partial charge in [-0.2, -0.15) is 0 Å². The summed E-state index contributed by atoms with van der Waals surface area (Å²) in [6.07, 6.45) is 25.2. The summed E-state index contributed by atoms with van der Waals surface area (Å²) in [6.45, 7) is 20.8. The molecule has 43 heavy (non-hydrogen) atoms. The van der Waals surface area contributed by atoms with Crippen LogP contribution in [0.15, 0.2) is 117 Å². The Hall–Kier alpha value is -3.16. The highest BCUT2D eigenvalue weighted by molar-refractivity contribution is 5.46. The highest BCUT2D eigenvalue weighted by atomic mass is 16.3. The second kappa shape index (κ2) is 16.1. The second-order valence-electron chi connectivity index (χ2n) is 13.6. The maximum atomic E-state index is 10.2. The zero-order valence-electron chi connectivity index (χ0n) is 28.1. The van der Waals surface area contributed by atoms with E-state index in [4.69, 9.17) is 0 Å². The van der Waals surface area contributed by atoms with Crippen molar-refractivity contribution in [1.29, 1.82) is 0 Å². The molecule has 0 fully saturated rings. The van der Waals surface area contributed by atoms with Crippen molar-refractivity contribution in [1.82, 2.24) is 0 Å². The first-order valence-corrected chi connectivity index (χ1v) is 15.4. The van der Waals surface area contributed by atoms with Crippen LogP contribution in [0.2, 0.25) is 0 Å². The number of hydrogen-bond acceptors (Lipinski definition) is 3. The minimum atomic E-state index is -0.843. The smallest absolute Gasteiger partial charge is 0.102 e. The molecule has 0 aliphatic heterocycles. The molecule has 0 saturated carbocycles. The SMILES string of the molecule is CC(C=CC1=C(C)CC(O)CC1(C)C)=CC=CC(C)=C/C=C/C=C(C)/C=C/C=C(\C)C#CC1=C(C)C(O)C(O)CC1(C)C. The van der Waals surface area contributed by atoms with Gasteiger partial charge in [-0.1, -0.05) is 135 Å². The summed E-state index contributed by atoms with van der Waals surface area (Å²) in [5.41, 5.74) is 8.45. The molecular formula is C40H54O3. The maximum Gasteiger partial charge on any atom is 0.102 e. The van der Waals surface area contributed by atoms with E-state index in [1.54, 1.807) is 0 Å². The zero-order chi connectivity index (χ0) is 32.4. The molecular weight excluding hydrogens is 528 g/mol. The quantitative estimate of drug-likeness (QED) is 0.198. The highest BCUT2D eigenvalue weighted by Crippen LogP contribution is 2.41. The fraction of sp³-hybridized carbons (Fsp3) is 0.450. The van der Waals surface area contributed by atoms with Crippen LogP contribution in [0, 0.1) is 22.7 Å². The highest BCUT2D eigenvalue weighted by Gasteiger charge is 2.37. The summed E-state index contributed by atoms with van der Waals surface area (Å²) in [6, 6.07) is 0. The Morgan fingerprint density at radius 2 is 1.26 bits per heavy atom. The van der Waals surface area contributed by atoms with Crippen LogP contribution in [0.5, 0.6) is 0 Å². The summed E-state index contributed by atoms with van der Waals surface area (Å²) in [4.78, 5) is 0. The van der Waals surface area contributed by atoms with E-state index in [1.165, 1.54) is 16.7 Å². The van der Waals surface area contributed by atoms with Gasteiger partial charge in [0.25, 0.3) is 0 Å². The Balaban J connectivity index is 1.94. The molecule has 3 heteroatoms. The van der Waals surface area contributed by atoms with Gasteiger partial charge in [0, 0.05) is 11.0 Å². The van der Waals surface area contributed by atoms with E-state index < -0.39 is 12.2 Å². The van der Waals surface area contributed by atoms with Crippen LogP contribution in [-0.4, -0.2) is 33.6 Å². The summed E-state index contributed by atoms with van der Waals surface area (Å²) < 4.78 is 0. The predicted molar refractivity (Wildman–Crippen MR) is 184 cm³/mol. The van der Waals surface area contributed by atoms with Gasteiger partial charge in [-0.25, -0.2) is 0 Å². The van der Waals surface area contributed by atoms with Crippen LogP contribution >= 0.6 is 0 Å². The summed E-state index contributed by atoms with van der Waals surface area (Å²) >= 11 is 0. The minimum Gasteiger partial charge on any atom is -0.393 e. The molecule has 232 valence electrons. The van der Waals surface area contributed by atoms with Gasteiger partial charge in [0.05, 0.1) is 12.2 Å². The number of allylic oxidation sites excluding steroid dienone is 18. The molecule has 3 N–H and O–H groups in total. The van der Waals surface area contributed by atoms with Crippen LogP contribution in [0.4, 0.5) is 0 Å². The van der Waals surface area contributed by atoms with Crippen molar-refractivity contribution in [3.05, 3.63) is 117 Å². The Bertz CT molecular complexity index is 1380. The van der Waals surface area contributed by atoms with E-state index in [9.17, 15) is 15.3 Å². The third-order valence-corrected chi connectivity index (χ3v) is 8.23. The monoisotopic (exact) mass is 582 g/mol. The molecule has 0 aromatic heterocycles. The minimum absolute atomic E-state index is 0.00510. The molecule has 2 aliphatic rings. The van der Waals surface area contributed by atoms with Crippen molar-refractivity contribution >= 4 is 0 Å². The molecule has 3 nitrogen and oxygen atoms in total. The first kappa shape index (κ1) is 36.0. The third kappa shape index (κ3) is 11.5. The largest absolute Gasteiger partial charge is 0.393 e. The first-order chi connectivity index (χ1) is 20.0. The number of hydrogen-bond donors (Lipinski definition) is 3. The van der Waals surface area contributed by atoms with Crippen molar-refractivity contribution in [3.8, 4) is 11.8 Å². The van der Waals surface area contributed by atoms with Crippen molar-refractivity contribution in [2.45, 2.75) is 107 Å². The number of rotatable bonds is 8. The van der Waals surface area contributed by atoms with Crippen molar-refractivity contribution in [2.75, 3.05) is 0 Å². The Morgan fingerprint density at radius 1 is 0.721 bits per heavy atom. The van der Waals surface area contributed by atoms with Gasteiger partial charge in [0.2, 0.25) is 0 Å². The number of aliphatic hydroxyl groups is 3. The maximum absolute atomic E-state index is 10.2. The topological polar surface area (TPSA) is 60.7 Å². The molecule has 2 aliphatic carbocycles. The van der Waals surface area contributed by atoms with E-state index in [0.29, 0.717) is 6.42 Å². The molecule has 0 aromatic rings. The van der Waals surface area contributed by atoms with Crippen LogP contribution in [0.25, 0.3) is 0 Å². The lowest BCUT2D eigenvalue weighted by atomic mass is 9.71. The molecule has 0 bridgehead atoms. The molecule has 0 amide bonds. The molecule has 3 unspecified atom stereocenters. The Labute approximate surface area is 261 Å². The summed E-state index contributed by atoms with van der Waals surface area (Å²) in [7, 11) is 0. The van der Waals surface area contributed by atoms with Gasteiger partial charge in [-0.3, -0.25) is 0 Å². The van der Waals surface area contributed by atoms with Crippen molar-refractivity contribution in [2.24, 2.45) is 10.8 Å². The lowest BCUT2D eigenvalue weighted by Crippen LogP contribution is -2.39. The predicted octanol–water partition coefficient (Wildman–Crippen LogP) is 8.97. The first-order valence-electron chi connectivity index (χ1n) is 15.4. The standard InChI is InChI=1S/C40H54O3/c1-28(17-13-19-30(3)21-23-35-32(5)25-34(41)26-39(35,7)8)15-11-12-16-29(2)18-14-20-31(4)22-24-36-33(6)38(43)37(42)27-40(36,9)10/h11-21,23,34,37-38,41-43H,25-27H2,1-10H3/b12-11+,17-13?,18-14+,23-21?,28-15?,29-16+,30-19?,31-20+. The fourth-order valence-electron chi connectivity index (χ4n) is 5.85. The van der Waals surface area contributed by atoms with Gasteiger partial charge in [0.1, 0.15) is 6.10 Å². The van der Waals surface area contributed by atoms with E-state index in [-0.39, 0.29) is 16.9 Å². The lowest BCUT2D eigenvalue weighted by molar-refractivity contribution is 0.00721. The zero-order valence-corrected chi connectivity index (χ0v) is 28.1. The Kier molecular flexibility index (Phi) is 13.5. The molecule has 0 radical (unpaired) electrons. The normalized spacial score (nSPS) is 25.9. The third-order valence-electron chi connectivity index (χ3n) is 8.23. The average Bonchev–Trinajstić information content (AvgIpc) is 2.88. The molecule has 3 atom stereocenters.